The summed E-state index contributed by atoms with van der Waals surface area (Å²) in [5.74, 6) is 2.32. The average molecular weight is 302 g/mol. The van der Waals surface area contributed by atoms with Crippen LogP contribution in [0.5, 0.6) is 0 Å². The van der Waals surface area contributed by atoms with E-state index in [1.54, 1.807) is 0 Å². The first-order valence-corrected chi connectivity index (χ1v) is 7.81. The largest absolute Gasteiger partial charge is 0.383 e. The second-order valence-electron chi connectivity index (χ2n) is 5.59. The highest BCUT2D eigenvalue weighted by molar-refractivity contribution is 6.30. The fourth-order valence-corrected chi connectivity index (χ4v) is 3.34. The fourth-order valence-electron chi connectivity index (χ4n) is 3.15. The number of anilines is 1. The number of nitrogens with zero attached hydrogens (tertiary/aromatic N) is 2. The molecule has 0 spiro atoms. The molecule has 0 radical (unpaired) electrons. The molecule has 0 aliphatic heterocycles. The Kier molecular flexibility index (Phi) is 4.02. The van der Waals surface area contributed by atoms with Gasteiger partial charge in [0, 0.05) is 23.0 Å². The van der Waals surface area contributed by atoms with Crippen LogP contribution >= 0.6 is 11.6 Å². The van der Waals surface area contributed by atoms with E-state index in [9.17, 15) is 0 Å². The van der Waals surface area contributed by atoms with Crippen LogP contribution in [0.4, 0.5) is 5.82 Å². The third-order valence-electron chi connectivity index (χ3n) is 4.17. The van der Waals surface area contributed by atoms with Crippen molar-refractivity contribution in [3.05, 3.63) is 47.8 Å². The van der Waals surface area contributed by atoms with Crippen LogP contribution in [0.15, 0.2) is 36.9 Å². The summed E-state index contributed by atoms with van der Waals surface area (Å²) in [5, 5.41) is 0.701. The Hall–Kier alpha value is -1.74. The molecule has 1 aromatic carbocycles. The summed E-state index contributed by atoms with van der Waals surface area (Å²) in [4.78, 5) is 4.85. The Labute approximate surface area is 130 Å². The number of imidazole rings is 1. The van der Waals surface area contributed by atoms with Gasteiger partial charge in [0.15, 0.2) is 0 Å². The molecule has 0 unspecified atom stereocenters. The Bertz CT molecular complexity index is 654. The Morgan fingerprint density at radius 2 is 2.14 bits per heavy atom. The summed E-state index contributed by atoms with van der Waals surface area (Å²) in [6.07, 6.45) is 6.82. The van der Waals surface area contributed by atoms with Gasteiger partial charge < -0.3 is 10.3 Å². The summed E-state index contributed by atoms with van der Waals surface area (Å²) < 4.78 is 2.10. The molecule has 0 amide bonds. The third-order valence-corrected chi connectivity index (χ3v) is 4.40. The first-order valence-electron chi connectivity index (χ1n) is 7.43. The third kappa shape index (κ3) is 2.70. The summed E-state index contributed by atoms with van der Waals surface area (Å²) in [6.45, 7) is 4.54. The number of benzene rings is 1. The minimum atomic E-state index is 0.514. The second-order valence-corrected chi connectivity index (χ2v) is 6.03. The predicted molar refractivity (Wildman–Crippen MR) is 88.5 cm³/mol. The lowest BCUT2D eigenvalue weighted by Crippen LogP contribution is -2.08. The van der Waals surface area contributed by atoms with E-state index in [1.807, 2.05) is 30.3 Å². The maximum absolute atomic E-state index is 6.35. The van der Waals surface area contributed by atoms with Crippen molar-refractivity contribution >= 4 is 17.4 Å². The number of rotatable bonds is 4. The van der Waals surface area contributed by atoms with Gasteiger partial charge >= 0.3 is 0 Å². The van der Waals surface area contributed by atoms with E-state index >= 15 is 0 Å². The molecule has 0 bridgehead atoms. The van der Waals surface area contributed by atoms with Crippen LogP contribution in [-0.4, -0.2) is 9.55 Å². The minimum Gasteiger partial charge on any atom is -0.383 e. The van der Waals surface area contributed by atoms with Gasteiger partial charge in [0.25, 0.3) is 0 Å². The molecule has 3 rings (SSSR count). The van der Waals surface area contributed by atoms with E-state index < -0.39 is 0 Å². The molecule has 1 fully saturated rings. The second kappa shape index (κ2) is 5.94. The molecule has 1 heterocycles. The Balaban J connectivity index is 2.09. The monoisotopic (exact) mass is 301 g/mol. The van der Waals surface area contributed by atoms with Gasteiger partial charge in [-0.2, -0.15) is 0 Å². The zero-order chi connectivity index (χ0) is 14.8. The van der Waals surface area contributed by atoms with Crippen molar-refractivity contribution in [3.8, 4) is 11.3 Å². The van der Waals surface area contributed by atoms with Gasteiger partial charge in [-0.25, -0.2) is 4.98 Å². The van der Waals surface area contributed by atoms with E-state index in [0.29, 0.717) is 23.3 Å². The van der Waals surface area contributed by atoms with Gasteiger partial charge in [-0.05, 0) is 25.0 Å². The van der Waals surface area contributed by atoms with Crippen LogP contribution in [0.3, 0.4) is 0 Å². The number of hydrogen-bond donors (Lipinski definition) is 1. The number of halogens is 1. The molecule has 2 N–H and O–H groups in total. The molecule has 0 saturated heterocycles. The normalized spacial score (nSPS) is 15.5. The average Bonchev–Trinajstić information content (AvgIpc) is 3.09. The molecule has 110 valence electrons. The van der Waals surface area contributed by atoms with Gasteiger partial charge in [-0.15, -0.1) is 6.58 Å². The highest BCUT2D eigenvalue weighted by Gasteiger charge is 2.25. The molecular formula is C17H20ClN3. The summed E-state index contributed by atoms with van der Waals surface area (Å²) >= 11 is 6.09. The van der Waals surface area contributed by atoms with E-state index in [2.05, 4.69) is 11.1 Å². The molecule has 1 aliphatic rings. The molecule has 1 saturated carbocycles. The van der Waals surface area contributed by atoms with Crippen molar-refractivity contribution in [2.75, 3.05) is 5.73 Å². The zero-order valence-corrected chi connectivity index (χ0v) is 12.8. The van der Waals surface area contributed by atoms with E-state index in [0.717, 1.165) is 17.1 Å². The van der Waals surface area contributed by atoms with Gasteiger partial charge in [-0.1, -0.05) is 42.7 Å². The van der Waals surface area contributed by atoms with Crippen LogP contribution in [-0.2, 0) is 6.54 Å². The quantitative estimate of drug-likeness (QED) is 0.837. The van der Waals surface area contributed by atoms with Crippen LogP contribution in [0.1, 0.15) is 37.4 Å². The smallest absolute Gasteiger partial charge is 0.132 e. The topological polar surface area (TPSA) is 43.8 Å². The molecule has 1 aliphatic carbocycles. The van der Waals surface area contributed by atoms with E-state index in [4.69, 9.17) is 22.3 Å². The van der Waals surface area contributed by atoms with Crippen molar-refractivity contribution in [2.24, 2.45) is 0 Å². The standard InChI is InChI=1S/C17H20ClN3/c1-2-10-21-16(19)15(13-8-5-9-14(18)11-13)20-17(21)12-6-3-4-7-12/h2,5,8-9,11-12H,1,3-4,6-7,10,19H2. The SMILES string of the molecule is C=CCn1c(C2CCCC2)nc(-c2cccc(Cl)c2)c1N. The van der Waals surface area contributed by atoms with Crippen molar-refractivity contribution < 1.29 is 0 Å². The van der Waals surface area contributed by atoms with Crippen molar-refractivity contribution in [2.45, 2.75) is 38.1 Å². The number of aromatic nitrogens is 2. The maximum Gasteiger partial charge on any atom is 0.132 e. The van der Waals surface area contributed by atoms with Gasteiger partial charge in [0.05, 0.1) is 0 Å². The molecule has 3 nitrogen and oxygen atoms in total. The summed E-state index contributed by atoms with van der Waals surface area (Å²) in [6, 6.07) is 7.71. The number of nitrogen functional groups attached to an aromatic ring is 1. The number of allylic oxidation sites excluding steroid dienone is 1. The van der Waals surface area contributed by atoms with Crippen molar-refractivity contribution in [1.82, 2.24) is 9.55 Å². The highest BCUT2D eigenvalue weighted by Crippen LogP contribution is 2.37. The molecule has 2 aromatic rings. The van der Waals surface area contributed by atoms with Gasteiger partial charge in [-0.3, -0.25) is 0 Å². The number of hydrogen-bond acceptors (Lipinski definition) is 2. The Morgan fingerprint density at radius 3 is 2.81 bits per heavy atom. The van der Waals surface area contributed by atoms with Crippen molar-refractivity contribution in [1.29, 1.82) is 0 Å². The van der Waals surface area contributed by atoms with Crippen LogP contribution in [0, 0.1) is 0 Å². The lowest BCUT2D eigenvalue weighted by atomic mass is 10.1. The molecule has 4 heteroatoms. The van der Waals surface area contributed by atoms with Gasteiger partial charge in [0.1, 0.15) is 17.3 Å². The molecule has 21 heavy (non-hydrogen) atoms. The molecular weight excluding hydrogens is 282 g/mol. The van der Waals surface area contributed by atoms with Crippen LogP contribution in [0.2, 0.25) is 5.02 Å². The summed E-state index contributed by atoms with van der Waals surface area (Å²) in [5.41, 5.74) is 8.16. The fraction of sp³-hybridized carbons (Fsp3) is 0.353. The lowest BCUT2D eigenvalue weighted by Gasteiger charge is -2.11. The van der Waals surface area contributed by atoms with Crippen LogP contribution in [0.25, 0.3) is 11.3 Å². The maximum atomic E-state index is 6.35. The van der Waals surface area contributed by atoms with E-state index in [-0.39, 0.29) is 0 Å². The first-order chi connectivity index (χ1) is 10.2. The molecule has 1 aromatic heterocycles. The zero-order valence-electron chi connectivity index (χ0n) is 12.1. The minimum absolute atomic E-state index is 0.514. The lowest BCUT2D eigenvalue weighted by molar-refractivity contribution is 0.618. The summed E-state index contributed by atoms with van der Waals surface area (Å²) in [7, 11) is 0. The van der Waals surface area contributed by atoms with Crippen LogP contribution < -0.4 is 5.73 Å². The van der Waals surface area contributed by atoms with Crippen molar-refractivity contribution in [3.63, 3.8) is 0 Å². The Morgan fingerprint density at radius 1 is 1.38 bits per heavy atom. The van der Waals surface area contributed by atoms with E-state index in [1.165, 1.54) is 25.7 Å². The predicted octanol–water partition coefficient (Wildman–Crippen LogP) is 4.63. The number of nitrogens with two attached hydrogens (primary N) is 1. The van der Waals surface area contributed by atoms with Gasteiger partial charge in [0.2, 0.25) is 0 Å². The first kappa shape index (κ1) is 14.2. The molecule has 0 atom stereocenters. The highest BCUT2D eigenvalue weighted by atomic mass is 35.5.